The maximum Gasteiger partial charge on any atom is 0.280 e. The molecule has 5 nitrogen and oxygen atoms in total. The number of quaternary nitrogens is 1. The zero-order valence-corrected chi connectivity index (χ0v) is 16.0. The Morgan fingerprint density at radius 2 is 1.85 bits per heavy atom. The Labute approximate surface area is 159 Å². The van der Waals surface area contributed by atoms with Crippen molar-refractivity contribution in [2.24, 2.45) is 0 Å². The molecule has 2 atom stereocenters. The van der Waals surface area contributed by atoms with Gasteiger partial charge >= 0.3 is 0 Å². The van der Waals surface area contributed by atoms with E-state index in [0.717, 1.165) is 10.5 Å². The van der Waals surface area contributed by atoms with Crippen LogP contribution in [0.1, 0.15) is 19.4 Å². The Kier molecular flexibility index (Phi) is 7.49. The highest BCUT2D eigenvalue weighted by atomic mass is 19.1. The first kappa shape index (κ1) is 20.6. The van der Waals surface area contributed by atoms with Gasteiger partial charge in [0, 0.05) is 18.8 Å². The van der Waals surface area contributed by atoms with Crippen LogP contribution >= 0.6 is 0 Å². The number of benzene rings is 2. The van der Waals surface area contributed by atoms with Crippen molar-refractivity contribution in [2.75, 3.05) is 25.5 Å². The fourth-order valence-corrected chi connectivity index (χ4v) is 2.81. The Morgan fingerprint density at radius 1 is 1.15 bits per heavy atom. The van der Waals surface area contributed by atoms with Crippen molar-refractivity contribution in [1.29, 1.82) is 0 Å². The third-order valence-corrected chi connectivity index (χ3v) is 4.57. The number of halogens is 1. The molecule has 0 bridgehead atoms. The van der Waals surface area contributed by atoms with Crippen molar-refractivity contribution in [3.63, 3.8) is 0 Å². The summed E-state index contributed by atoms with van der Waals surface area (Å²) in [4.78, 5) is 27.6. The Bertz CT molecular complexity index is 767. The molecule has 2 rings (SSSR count). The first-order valence-corrected chi connectivity index (χ1v) is 9.11. The Hall–Kier alpha value is -2.73. The summed E-state index contributed by atoms with van der Waals surface area (Å²) >= 11 is 0. The van der Waals surface area contributed by atoms with E-state index < -0.39 is 5.82 Å². The monoisotopic (exact) mass is 372 g/mol. The van der Waals surface area contributed by atoms with Gasteiger partial charge in [-0.15, -0.1) is 0 Å². The topological polar surface area (TPSA) is 53.9 Å². The van der Waals surface area contributed by atoms with Crippen LogP contribution in [0.25, 0.3) is 0 Å². The summed E-state index contributed by atoms with van der Waals surface area (Å²) in [7, 11) is 1.81. The summed E-state index contributed by atoms with van der Waals surface area (Å²) in [6, 6.07) is 15.2. The minimum absolute atomic E-state index is 0.00240. The van der Waals surface area contributed by atoms with Gasteiger partial charge in [0.2, 0.25) is 0 Å². The Balaban J connectivity index is 1.92. The zero-order valence-electron chi connectivity index (χ0n) is 16.0. The predicted molar refractivity (Wildman–Crippen MR) is 104 cm³/mol. The highest BCUT2D eigenvalue weighted by Crippen LogP contribution is 2.08. The molecule has 0 radical (unpaired) electrons. The lowest BCUT2D eigenvalue weighted by molar-refractivity contribution is -0.886. The van der Waals surface area contributed by atoms with Crippen molar-refractivity contribution >= 4 is 17.5 Å². The highest BCUT2D eigenvalue weighted by molar-refractivity contribution is 5.91. The number of nitrogens with zero attached hydrogens (tertiary/aromatic N) is 1. The van der Waals surface area contributed by atoms with Gasteiger partial charge in [-0.2, -0.15) is 0 Å². The normalized spacial score (nSPS) is 12.9. The minimum Gasteiger partial charge on any atom is -0.334 e. The largest absolute Gasteiger partial charge is 0.334 e. The molecule has 2 amide bonds. The first-order valence-electron chi connectivity index (χ1n) is 9.11. The summed E-state index contributed by atoms with van der Waals surface area (Å²) < 4.78 is 13.2. The van der Waals surface area contributed by atoms with E-state index in [-0.39, 0.29) is 24.4 Å². The van der Waals surface area contributed by atoms with E-state index in [1.807, 2.05) is 51.2 Å². The number of carbonyl (C=O) groups excluding carboxylic acids is 2. The third-order valence-electron chi connectivity index (χ3n) is 4.57. The first-order chi connectivity index (χ1) is 12.9. The second kappa shape index (κ2) is 9.83. The van der Waals surface area contributed by atoms with E-state index >= 15 is 0 Å². The van der Waals surface area contributed by atoms with Gasteiger partial charge in [0.15, 0.2) is 12.6 Å². The smallest absolute Gasteiger partial charge is 0.280 e. The highest BCUT2D eigenvalue weighted by Gasteiger charge is 2.27. The Morgan fingerprint density at radius 3 is 2.48 bits per heavy atom. The number of anilines is 1. The van der Waals surface area contributed by atoms with Crippen LogP contribution in [0.5, 0.6) is 0 Å². The molecule has 1 unspecified atom stereocenters. The van der Waals surface area contributed by atoms with Crippen molar-refractivity contribution in [2.45, 2.75) is 26.4 Å². The molecular formula is C21H27FN3O2+. The van der Waals surface area contributed by atoms with Crippen LogP contribution in [0.4, 0.5) is 10.1 Å². The number of nitrogens with one attached hydrogen (secondary N) is 2. The van der Waals surface area contributed by atoms with E-state index in [2.05, 4.69) is 5.32 Å². The van der Waals surface area contributed by atoms with Crippen molar-refractivity contribution in [3.05, 3.63) is 66.0 Å². The maximum atomic E-state index is 13.2. The molecule has 144 valence electrons. The van der Waals surface area contributed by atoms with E-state index in [1.165, 1.54) is 18.2 Å². The van der Waals surface area contributed by atoms with Crippen molar-refractivity contribution < 1.29 is 18.9 Å². The van der Waals surface area contributed by atoms with E-state index in [0.29, 0.717) is 18.8 Å². The summed E-state index contributed by atoms with van der Waals surface area (Å²) in [5, 5.41) is 2.67. The van der Waals surface area contributed by atoms with Crippen LogP contribution in [0.2, 0.25) is 0 Å². The quantitative estimate of drug-likeness (QED) is 0.741. The van der Waals surface area contributed by atoms with Gasteiger partial charge in [-0.3, -0.25) is 9.59 Å². The van der Waals surface area contributed by atoms with Crippen LogP contribution in [-0.4, -0.2) is 42.9 Å². The van der Waals surface area contributed by atoms with Crippen LogP contribution in [0.15, 0.2) is 54.6 Å². The van der Waals surface area contributed by atoms with Gasteiger partial charge in [0.25, 0.3) is 11.8 Å². The van der Waals surface area contributed by atoms with Gasteiger partial charge in [0.1, 0.15) is 5.82 Å². The number of hydrogen-bond donors (Lipinski definition) is 2. The molecule has 2 aromatic carbocycles. The molecule has 0 aliphatic carbocycles. The fraction of sp³-hybridized carbons (Fsp3) is 0.333. The van der Waals surface area contributed by atoms with Gasteiger partial charge in [0.05, 0.1) is 7.05 Å². The fourth-order valence-electron chi connectivity index (χ4n) is 2.81. The van der Waals surface area contributed by atoms with Crippen molar-refractivity contribution in [3.8, 4) is 0 Å². The molecule has 2 aromatic rings. The average Bonchev–Trinajstić information content (AvgIpc) is 2.65. The van der Waals surface area contributed by atoms with Crippen LogP contribution in [0.3, 0.4) is 0 Å². The molecule has 0 aliphatic rings. The molecule has 2 N–H and O–H groups in total. The summed E-state index contributed by atoms with van der Waals surface area (Å²) in [6.45, 7) is 5.02. The molecule has 0 saturated heterocycles. The lowest BCUT2D eigenvalue weighted by Gasteiger charge is -2.27. The van der Waals surface area contributed by atoms with Gasteiger partial charge in [-0.05, 0) is 37.6 Å². The lowest BCUT2D eigenvalue weighted by atomic mass is 10.2. The molecule has 6 heteroatoms. The molecule has 0 spiro atoms. The number of carbonyl (C=O) groups is 2. The average molecular weight is 372 g/mol. The standard InChI is InChI=1S/C21H26FN3O2/c1-4-25(14-17-9-6-5-7-10-17)21(27)16(2)24(3)15-20(26)23-19-12-8-11-18(22)13-19/h5-13,16H,4,14-15H2,1-3H3,(H,23,26)/p+1/t16-/m0/s1. The summed E-state index contributed by atoms with van der Waals surface area (Å²) in [5.41, 5.74) is 1.48. The van der Waals surface area contributed by atoms with Gasteiger partial charge < -0.3 is 15.1 Å². The van der Waals surface area contributed by atoms with Crippen molar-refractivity contribution in [1.82, 2.24) is 4.90 Å². The molecule has 27 heavy (non-hydrogen) atoms. The second-order valence-corrected chi connectivity index (χ2v) is 6.64. The van der Waals surface area contributed by atoms with E-state index in [9.17, 15) is 14.0 Å². The minimum atomic E-state index is -0.406. The third kappa shape index (κ3) is 6.18. The molecule has 0 aliphatic heterocycles. The molecule has 0 saturated carbocycles. The molecular weight excluding hydrogens is 345 g/mol. The van der Waals surface area contributed by atoms with Crippen LogP contribution < -0.4 is 10.2 Å². The van der Waals surface area contributed by atoms with Crippen LogP contribution in [0, 0.1) is 5.82 Å². The number of hydrogen-bond acceptors (Lipinski definition) is 2. The van der Waals surface area contributed by atoms with Gasteiger partial charge in [-0.1, -0.05) is 36.4 Å². The zero-order chi connectivity index (χ0) is 19.8. The molecule has 0 heterocycles. The molecule has 0 fully saturated rings. The summed E-state index contributed by atoms with van der Waals surface area (Å²) in [6.07, 6.45) is 0. The number of amides is 2. The second-order valence-electron chi connectivity index (χ2n) is 6.64. The number of likely N-dealkylation sites (N-methyl/N-ethyl adjacent to an activating group) is 2. The summed E-state index contributed by atoms with van der Waals surface area (Å²) in [5.74, 6) is -0.669. The predicted octanol–water partition coefficient (Wildman–Crippen LogP) is 1.72. The molecule has 0 aromatic heterocycles. The SMILES string of the molecule is CCN(Cc1ccccc1)C(=O)[C@H](C)[NH+](C)CC(=O)Nc1cccc(F)c1. The van der Waals surface area contributed by atoms with Crippen LogP contribution in [-0.2, 0) is 16.1 Å². The van der Waals surface area contributed by atoms with Gasteiger partial charge in [-0.25, -0.2) is 4.39 Å². The van der Waals surface area contributed by atoms with E-state index in [1.54, 1.807) is 11.0 Å². The van der Waals surface area contributed by atoms with E-state index in [4.69, 9.17) is 0 Å². The lowest BCUT2D eigenvalue weighted by Crippen LogP contribution is -3.15. The maximum absolute atomic E-state index is 13.2. The number of rotatable bonds is 8.